The van der Waals surface area contributed by atoms with Gasteiger partial charge in [-0.3, -0.25) is 4.99 Å². The molecular weight excluding hydrogens is 417 g/mol. The van der Waals surface area contributed by atoms with Crippen LogP contribution >= 0.6 is 24.0 Å². The van der Waals surface area contributed by atoms with Gasteiger partial charge in [-0.1, -0.05) is 30.3 Å². The summed E-state index contributed by atoms with van der Waals surface area (Å²) in [5.41, 5.74) is 1.22. The van der Waals surface area contributed by atoms with Crippen molar-refractivity contribution in [1.82, 2.24) is 10.2 Å². The number of β-amino-alcohol motifs (C(OH)–C–C–N with tert-alkyl or cyclic N) is 1. The molecule has 136 valence electrons. The van der Waals surface area contributed by atoms with E-state index in [9.17, 15) is 5.11 Å². The van der Waals surface area contributed by atoms with E-state index in [1.165, 1.54) is 5.56 Å². The van der Waals surface area contributed by atoms with Crippen LogP contribution in [-0.4, -0.2) is 54.9 Å². The van der Waals surface area contributed by atoms with Gasteiger partial charge in [0.15, 0.2) is 5.96 Å². The topological polar surface area (TPSA) is 57.1 Å². The number of nitrogens with zero attached hydrogens (tertiary/aromatic N) is 2. The molecule has 1 saturated heterocycles. The molecule has 1 aliphatic rings. The minimum absolute atomic E-state index is 0. The highest BCUT2D eigenvalue weighted by atomic mass is 127. The lowest BCUT2D eigenvalue weighted by Crippen LogP contribution is -2.40. The second-order valence-corrected chi connectivity index (χ2v) is 5.87. The van der Waals surface area contributed by atoms with Crippen LogP contribution in [0.1, 0.15) is 31.7 Å². The monoisotopic (exact) mass is 447 g/mol. The molecule has 6 heteroatoms. The highest BCUT2D eigenvalue weighted by molar-refractivity contribution is 14.0. The Bertz CT molecular complexity index is 471. The zero-order valence-electron chi connectivity index (χ0n) is 14.5. The Morgan fingerprint density at radius 3 is 2.79 bits per heavy atom. The number of ether oxygens (including phenoxy) is 1. The van der Waals surface area contributed by atoms with E-state index >= 15 is 0 Å². The molecule has 0 unspecified atom stereocenters. The van der Waals surface area contributed by atoms with E-state index in [1.54, 1.807) is 0 Å². The molecule has 0 radical (unpaired) electrons. The van der Waals surface area contributed by atoms with Crippen LogP contribution in [-0.2, 0) is 11.3 Å². The first-order valence-electron chi connectivity index (χ1n) is 8.62. The van der Waals surface area contributed by atoms with E-state index in [0.29, 0.717) is 13.2 Å². The molecule has 0 saturated carbocycles. The van der Waals surface area contributed by atoms with Crippen molar-refractivity contribution in [3.8, 4) is 0 Å². The third kappa shape index (κ3) is 7.81. The lowest BCUT2D eigenvalue weighted by Gasteiger charge is -2.20. The number of unbranched alkanes of at least 4 members (excludes halogenated alkanes) is 1. The Kier molecular flexibility index (Phi) is 11.0. The number of rotatable bonds is 8. The number of aliphatic hydroxyl groups excluding tert-OH is 1. The largest absolute Gasteiger partial charge is 0.391 e. The van der Waals surface area contributed by atoms with Crippen molar-refractivity contribution in [2.75, 3.05) is 32.8 Å². The van der Waals surface area contributed by atoms with Crippen molar-refractivity contribution in [1.29, 1.82) is 0 Å². The van der Waals surface area contributed by atoms with Crippen LogP contribution in [0.25, 0.3) is 0 Å². The molecule has 5 nitrogen and oxygen atoms in total. The van der Waals surface area contributed by atoms with Gasteiger partial charge in [-0.2, -0.15) is 0 Å². The fraction of sp³-hybridized carbons (Fsp3) is 0.611. The average molecular weight is 447 g/mol. The molecule has 0 aliphatic carbocycles. The Morgan fingerprint density at radius 1 is 1.33 bits per heavy atom. The van der Waals surface area contributed by atoms with Gasteiger partial charge in [0.2, 0.25) is 0 Å². The summed E-state index contributed by atoms with van der Waals surface area (Å²) < 4.78 is 5.68. The first-order valence-corrected chi connectivity index (χ1v) is 8.62. The molecule has 24 heavy (non-hydrogen) atoms. The molecule has 2 rings (SSSR count). The lowest BCUT2D eigenvalue weighted by atomic mass is 10.2. The van der Waals surface area contributed by atoms with Crippen LogP contribution < -0.4 is 5.32 Å². The molecule has 1 aromatic rings. The molecule has 1 atom stereocenters. The van der Waals surface area contributed by atoms with Gasteiger partial charge in [-0.05, 0) is 31.7 Å². The molecule has 2 N–H and O–H groups in total. The Labute approximate surface area is 162 Å². The van der Waals surface area contributed by atoms with Crippen LogP contribution in [0.15, 0.2) is 35.3 Å². The van der Waals surface area contributed by atoms with Gasteiger partial charge in [-0.25, -0.2) is 0 Å². The minimum Gasteiger partial charge on any atom is -0.391 e. The van der Waals surface area contributed by atoms with Crippen LogP contribution in [0.4, 0.5) is 0 Å². The standard InChI is InChI=1S/C18H29N3O2.HI/c1-2-19-18(21-12-10-17(22)14-21)20-11-6-7-13-23-15-16-8-4-3-5-9-16;/h3-5,8-9,17,22H,2,6-7,10-15H2,1H3,(H,19,20);1H/t17-;/m1./s1. The van der Waals surface area contributed by atoms with Crippen LogP contribution in [0.2, 0.25) is 0 Å². The summed E-state index contributed by atoms with van der Waals surface area (Å²) in [6.45, 7) is 6.73. The molecule has 1 aliphatic heterocycles. The summed E-state index contributed by atoms with van der Waals surface area (Å²) in [5, 5.41) is 12.9. The average Bonchev–Trinajstić information content (AvgIpc) is 3.00. The number of halogens is 1. The molecule has 1 fully saturated rings. The summed E-state index contributed by atoms with van der Waals surface area (Å²) in [7, 11) is 0. The first-order chi connectivity index (χ1) is 11.3. The zero-order chi connectivity index (χ0) is 16.3. The Hall–Kier alpha value is -0.860. The zero-order valence-corrected chi connectivity index (χ0v) is 16.8. The number of aliphatic hydroxyl groups is 1. The fourth-order valence-corrected chi connectivity index (χ4v) is 2.63. The van der Waals surface area contributed by atoms with Crippen LogP contribution in [0.3, 0.4) is 0 Å². The van der Waals surface area contributed by atoms with Crippen molar-refractivity contribution in [2.45, 2.75) is 38.9 Å². The van der Waals surface area contributed by atoms with Gasteiger partial charge in [0, 0.05) is 32.8 Å². The summed E-state index contributed by atoms with van der Waals surface area (Å²) in [6.07, 6.45) is 2.64. The van der Waals surface area contributed by atoms with Gasteiger partial charge in [0.05, 0.1) is 12.7 Å². The van der Waals surface area contributed by atoms with Crippen molar-refractivity contribution < 1.29 is 9.84 Å². The van der Waals surface area contributed by atoms with Gasteiger partial charge >= 0.3 is 0 Å². The van der Waals surface area contributed by atoms with Crippen molar-refractivity contribution in [3.05, 3.63) is 35.9 Å². The number of hydrogen-bond donors (Lipinski definition) is 2. The highest BCUT2D eigenvalue weighted by Gasteiger charge is 2.22. The molecule has 0 spiro atoms. The highest BCUT2D eigenvalue weighted by Crippen LogP contribution is 2.09. The van der Waals surface area contributed by atoms with E-state index < -0.39 is 0 Å². The maximum Gasteiger partial charge on any atom is 0.194 e. The van der Waals surface area contributed by atoms with E-state index in [0.717, 1.165) is 51.5 Å². The third-order valence-corrected chi connectivity index (χ3v) is 3.87. The van der Waals surface area contributed by atoms with Gasteiger partial charge < -0.3 is 20.1 Å². The Balaban J connectivity index is 0.00000288. The Morgan fingerprint density at radius 2 is 2.12 bits per heavy atom. The second-order valence-electron chi connectivity index (χ2n) is 5.87. The van der Waals surface area contributed by atoms with Gasteiger partial charge in [0.1, 0.15) is 0 Å². The SMILES string of the molecule is CCNC(=NCCCCOCc1ccccc1)N1CC[C@@H](O)C1.I. The minimum atomic E-state index is -0.217. The number of nitrogens with one attached hydrogen (secondary N) is 1. The van der Waals surface area contributed by atoms with E-state index in [1.807, 2.05) is 18.2 Å². The number of aliphatic imine (C=N–C) groups is 1. The predicted molar refractivity (Wildman–Crippen MR) is 109 cm³/mol. The number of guanidine groups is 1. The molecule has 1 aromatic carbocycles. The number of hydrogen-bond acceptors (Lipinski definition) is 3. The van der Waals surface area contributed by atoms with Crippen molar-refractivity contribution >= 4 is 29.9 Å². The van der Waals surface area contributed by atoms with Gasteiger partial charge in [0.25, 0.3) is 0 Å². The smallest absolute Gasteiger partial charge is 0.194 e. The van der Waals surface area contributed by atoms with E-state index in [-0.39, 0.29) is 30.1 Å². The fourth-order valence-electron chi connectivity index (χ4n) is 2.63. The predicted octanol–water partition coefficient (Wildman–Crippen LogP) is 2.63. The first kappa shape index (κ1) is 21.2. The molecule has 0 aromatic heterocycles. The molecule has 0 bridgehead atoms. The normalized spacial score (nSPS) is 17.7. The number of likely N-dealkylation sites (tertiary alicyclic amines) is 1. The molecule has 1 heterocycles. The summed E-state index contributed by atoms with van der Waals surface area (Å²) in [4.78, 5) is 6.79. The van der Waals surface area contributed by atoms with E-state index in [4.69, 9.17) is 4.74 Å². The quantitative estimate of drug-likeness (QED) is 0.279. The van der Waals surface area contributed by atoms with Crippen LogP contribution in [0.5, 0.6) is 0 Å². The summed E-state index contributed by atoms with van der Waals surface area (Å²) in [6, 6.07) is 10.2. The van der Waals surface area contributed by atoms with Crippen molar-refractivity contribution in [2.24, 2.45) is 4.99 Å². The maximum atomic E-state index is 9.64. The van der Waals surface area contributed by atoms with Gasteiger partial charge in [-0.15, -0.1) is 24.0 Å². The molecule has 0 amide bonds. The third-order valence-electron chi connectivity index (χ3n) is 3.87. The maximum absolute atomic E-state index is 9.64. The van der Waals surface area contributed by atoms with Crippen LogP contribution in [0, 0.1) is 0 Å². The summed E-state index contributed by atoms with van der Waals surface area (Å²) in [5.74, 6) is 0.925. The summed E-state index contributed by atoms with van der Waals surface area (Å²) >= 11 is 0. The second kappa shape index (κ2) is 12.5. The molecular formula is C18H30IN3O2. The number of benzene rings is 1. The van der Waals surface area contributed by atoms with Crippen molar-refractivity contribution in [3.63, 3.8) is 0 Å². The van der Waals surface area contributed by atoms with E-state index in [2.05, 4.69) is 34.3 Å². The lowest BCUT2D eigenvalue weighted by molar-refractivity contribution is 0.117.